The normalized spacial score (nSPS) is 39.0. The summed E-state index contributed by atoms with van der Waals surface area (Å²) in [4.78, 5) is 11.2. The second-order valence-corrected chi connectivity index (χ2v) is 4.14. The van der Waals surface area contributed by atoms with Crippen LogP contribution in [-0.4, -0.2) is 5.78 Å². The lowest BCUT2D eigenvalue weighted by atomic mass is 9.85. The van der Waals surface area contributed by atoms with Gasteiger partial charge in [-0.1, -0.05) is 6.08 Å². The Kier molecular flexibility index (Phi) is 2.03. The number of hydrogen-bond acceptors (Lipinski definition) is 1. The molecule has 2 aliphatic carbocycles. The highest BCUT2D eigenvalue weighted by Gasteiger charge is 2.49. The first-order valence-corrected chi connectivity index (χ1v) is 4.96. The van der Waals surface area contributed by atoms with Gasteiger partial charge in [-0.15, -0.1) is 6.58 Å². The lowest BCUT2D eigenvalue weighted by molar-refractivity contribution is -0.122. The number of Topliss-reactive ketones (excluding diaryl/α,β-unsaturated/α-hetero) is 1. The van der Waals surface area contributed by atoms with E-state index in [0.29, 0.717) is 11.7 Å². The highest BCUT2D eigenvalue weighted by atomic mass is 16.1. The fraction of sp³-hybridized carbons (Fsp3) is 0.727. The number of fused-ring (bicyclic) bond motifs is 1. The third-order valence-electron chi connectivity index (χ3n) is 3.36. The Morgan fingerprint density at radius 2 is 2.42 bits per heavy atom. The maximum absolute atomic E-state index is 11.2. The fourth-order valence-electron chi connectivity index (χ4n) is 2.52. The minimum absolute atomic E-state index is 0.480. The van der Waals surface area contributed by atoms with Gasteiger partial charge in [0.2, 0.25) is 0 Å². The van der Waals surface area contributed by atoms with Gasteiger partial charge >= 0.3 is 0 Å². The lowest BCUT2D eigenvalue weighted by Crippen LogP contribution is -2.17. The zero-order chi connectivity index (χ0) is 8.55. The number of allylic oxidation sites excluding steroid dienone is 1. The smallest absolute Gasteiger partial charge is 0.136 e. The summed E-state index contributed by atoms with van der Waals surface area (Å²) in [5, 5.41) is 0. The second kappa shape index (κ2) is 3.04. The van der Waals surface area contributed by atoms with Crippen LogP contribution in [0.1, 0.15) is 32.1 Å². The van der Waals surface area contributed by atoms with E-state index in [1.807, 2.05) is 6.08 Å². The van der Waals surface area contributed by atoms with Gasteiger partial charge in [0.1, 0.15) is 5.78 Å². The average molecular weight is 164 g/mol. The summed E-state index contributed by atoms with van der Waals surface area (Å²) in [5.41, 5.74) is 0. The number of ketones is 1. The molecule has 1 heteroatoms. The van der Waals surface area contributed by atoms with Gasteiger partial charge in [-0.2, -0.15) is 0 Å². The monoisotopic (exact) mass is 164 g/mol. The lowest BCUT2D eigenvalue weighted by Gasteiger charge is -2.19. The van der Waals surface area contributed by atoms with Gasteiger partial charge in [-0.05, 0) is 37.5 Å². The van der Waals surface area contributed by atoms with Gasteiger partial charge in [0.25, 0.3) is 0 Å². The van der Waals surface area contributed by atoms with Crippen molar-refractivity contribution in [1.29, 1.82) is 0 Å². The zero-order valence-electron chi connectivity index (χ0n) is 7.46. The average Bonchev–Trinajstić information content (AvgIpc) is 2.83. The van der Waals surface area contributed by atoms with Gasteiger partial charge in [-0.25, -0.2) is 0 Å². The molecule has 2 aliphatic rings. The van der Waals surface area contributed by atoms with Crippen LogP contribution in [0.15, 0.2) is 12.7 Å². The number of carbonyl (C=O) groups excluding carboxylic acids is 1. The van der Waals surface area contributed by atoms with Gasteiger partial charge in [0.15, 0.2) is 0 Å². The standard InChI is InChI=1S/C11H16O/c1-2-3-4-8-5-6-11(12)10-7-9(8)10/h2,8-10H,1,3-7H2/t8-,9+,10+/m0/s1. The maximum atomic E-state index is 11.2. The molecule has 66 valence electrons. The molecule has 0 N–H and O–H groups in total. The van der Waals surface area contributed by atoms with Crippen LogP contribution in [0.2, 0.25) is 0 Å². The quantitative estimate of drug-likeness (QED) is 0.586. The third kappa shape index (κ3) is 1.33. The van der Waals surface area contributed by atoms with E-state index in [-0.39, 0.29) is 0 Å². The van der Waals surface area contributed by atoms with Crippen molar-refractivity contribution < 1.29 is 4.79 Å². The summed E-state index contributed by atoms with van der Waals surface area (Å²) in [5.74, 6) is 2.63. The first-order chi connectivity index (χ1) is 5.83. The van der Waals surface area contributed by atoms with E-state index in [2.05, 4.69) is 6.58 Å². The molecular formula is C11H16O. The van der Waals surface area contributed by atoms with Crippen LogP contribution < -0.4 is 0 Å². The van der Waals surface area contributed by atoms with E-state index >= 15 is 0 Å². The van der Waals surface area contributed by atoms with Crippen molar-refractivity contribution in [2.75, 3.05) is 0 Å². The predicted octanol–water partition coefficient (Wildman–Crippen LogP) is 2.57. The van der Waals surface area contributed by atoms with E-state index in [4.69, 9.17) is 0 Å². The SMILES string of the molecule is C=CCC[C@H]1CCC(=O)[C@@H]2C[C@H]12. The minimum Gasteiger partial charge on any atom is -0.299 e. The summed E-state index contributed by atoms with van der Waals surface area (Å²) < 4.78 is 0. The van der Waals surface area contributed by atoms with Gasteiger partial charge < -0.3 is 0 Å². The molecule has 0 amide bonds. The Bertz CT molecular complexity index is 205. The molecule has 3 atom stereocenters. The first-order valence-electron chi connectivity index (χ1n) is 4.96. The Balaban J connectivity index is 1.86. The Labute approximate surface area is 73.8 Å². The molecule has 0 unspecified atom stereocenters. The van der Waals surface area contributed by atoms with Crippen molar-refractivity contribution in [2.24, 2.45) is 17.8 Å². The van der Waals surface area contributed by atoms with Crippen LogP contribution in [0.25, 0.3) is 0 Å². The fourth-order valence-corrected chi connectivity index (χ4v) is 2.52. The number of rotatable bonds is 3. The van der Waals surface area contributed by atoms with Crippen LogP contribution in [0.5, 0.6) is 0 Å². The molecule has 2 rings (SSSR count). The molecule has 0 aliphatic heterocycles. The van der Waals surface area contributed by atoms with Crippen molar-refractivity contribution in [3.8, 4) is 0 Å². The molecule has 0 radical (unpaired) electrons. The van der Waals surface area contributed by atoms with Gasteiger partial charge in [0.05, 0.1) is 0 Å². The van der Waals surface area contributed by atoms with Crippen LogP contribution in [0.4, 0.5) is 0 Å². The highest BCUT2D eigenvalue weighted by molar-refractivity contribution is 5.84. The molecule has 12 heavy (non-hydrogen) atoms. The second-order valence-electron chi connectivity index (χ2n) is 4.14. The molecule has 0 saturated heterocycles. The molecule has 0 spiro atoms. The van der Waals surface area contributed by atoms with Crippen LogP contribution >= 0.6 is 0 Å². The van der Waals surface area contributed by atoms with Crippen molar-refractivity contribution >= 4 is 5.78 Å². The van der Waals surface area contributed by atoms with Gasteiger partial charge in [-0.3, -0.25) is 4.79 Å². The zero-order valence-corrected chi connectivity index (χ0v) is 7.46. The summed E-state index contributed by atoms with van der Waals surface area (Å²) in [6, 6.07) is 0. The van der Waals surface area contributed by atoms with E-state index in [0.717, 1.165) is 31.1 Å². The van der Waals surface area contributed by atoms with Crippen molar-refractivity contribution in [1.82, 2.24) is 0 Å². The Morgan fingerprint density at radius 1 is 1.58 bits per heavy atom. The molecule has 0 aromatic carbocycles. The molecular weight excluding hydrogens is 148 g/mol. The van der Waals surface area contributed by atoms with E-state index in [9.17, 15) is 4.79 Å². The van der Waals surface area contributed by atoms with Crippen LogP contribution in [0.3, 0.4) is 0 Å². The van der Waals surface area contributed by atoms with Crippen molar-refractivity contribution in [2.45, 2.75) is 32.1 Å². The number of carbonyl (C=O) groups is 1. The van der Waals surface area contributed by atoms with Crippen LogP contribution in [-0.2, 0) is 4.79 Å². The third-order valence-corrected chi connectivity index (χ3v) is 3.36. The minimum atomic E-state index is 0.480. The molecule has 0 aromatic heterocycles. The van der Waals surface area contributed by atoms with Crippen LogP contribution in [0, 0.1) is 17.8 Å². The summed E-state index contributed by atoms with van der Waals surface area (Å²) in [6.07, 6.45) is 7.57. The van der Waals surface area contributed by atoms with Crippen molar-refractivity contribution in [3.05, 3.63) is 12.7 Å². The Hall–Kier alpha value is -0.590. The topological polar surface area (TPSA) is 17.1 Å². The van der Waals surface area contributed by atoms with E-state index in [1.165, 1.54) is 12.8 Å². The molecule has 0 bridgehead atoms. The molecule has 2 saturated carbocycles. The maximum Gasteiger partial charge on any atom is 0.136 e. The summed E-state index contributed by atoms with van der Waals surface area (Å²) in [6.45, 7) is 3.73. The predicted molar refractivity (Wildman–Crippen MR) is 48.8 cm³/mol. The van der Waals surface area contributed by atoms with Gasteiger partial charge in [0, 0.05) is 12.3 Å². The van der Waals surface area contributed by atoms with E-state index in [1.54, 1.807) is 0 Å². The highest BCUT2D eigenvalue weighted by Crippen LogP contribution is 2.52. The van der Waals surface area contributed by atoms with E-state index < -0.39 is 0 Å². The first kappa shape index (κ1) is 8.03. The Morgan fingerprint density at radius 3 is 3.17 bits per heavy atom. The molecule has 0 aromatic rings. The summed E-state index contributed by atoms with van der Waals surface area (Å²) >= 11 is 0. The van der Waals surface area contributed by atoms with Crippen molar-refractivity contribution in [3.63, 3.8) is 0 Å². The molecule has 0 heterocycles. The largest absolute Gasteiger partial charge is 0.299 e. The molecule has 1 nitrogen and oxygen atoms in total. The summed E-state index contributed by atoms with van der Waals surface area (Å²) in [7, 11) is 0. The number of hydrogen-bond donors (Lipinski definition) is 0. The molecule has 2 fully saturated rings.